The van der Waals surface area contributed by atoms with Gasteiger partial charge in [-0.1, -0.05) is 11.8 Å². The number of nitrogens with zero attached hydrogens (tertiary/aromatic N) is 1. The lowest BCUT2D eigenvalue weighted by atomic mass is 9.96. The molecule has 2 rings (SSSR count). The molecule has 0 aromatic heterocycles. The monoisotopic (exact) mass is 307 g/mol. The van der Waals surface area contributed by atoms with Crippen molar-refractivity contribution in [1.29, 1.82) is 0 Å². The molecule has 1 unspecified atom stereocenters. The van der Waals surface area contributed by atoms with E-state index < -0.39 is 11.0 Å². The minimum atomic E-state index is -0.524. The highest BCUT2D eigenvalue weighted by atomic mass is 32.2. The standard InChI is InChI=1S/C14H13NO5S/c1-8(16)13-11(17)7-12(20-14(13)21-2)9-3-5-10(6-4-9)15(18)19/h3-6,12H,7H2,1-2H3. The molecular formula is C14H13NO5S. The molecule has 110 valence electrons. The predicted molar refractivity (Wildman–Crippen MR) is 77.8 cm³/mol. The summed E-state index contributed by atoms with van der Waals surface area (Å²) in [6.07, 6.45) is 1.25. The lowest BCUT2D eigenvalue weighted by Crippen LogP contribution is -2.23. The molecule has 1 heterocycles. The van der Waals surface area contributed by atoms with Crippen molar-refractivity contribution in [3.05, 3.63) is 50.6 Å². The number of non-ortho nitro benzene ring substituents is 1. The Morgan fingerprint density at radius 3 is 2.48 bits per heavy atom. The SMILES string of the molecule is CSC1=C(C(C)=O)C(=O)CC(c2ccc([N+](=O)[O-])cc2)O1. The summed E-state index contributed by atoms with van der Waals surface area (Å²) in [6, 6.07) is 5.86. The highest BCUT2D eigenvalue weighted by Crippen LogP contribution is 2.36. The minimum Gasteiger partial charge on any atom is -0.478 e. The zero-order chi connectivity index (χ0) is 15.6. The third-order valence-electron chi connectivity index (χ3n) is 3.12. The van der Waals surface area contributed by atoms with E-state index in [1.807, 2.05) is 0 Å². The summed E-state index contributed by atoms with van der Waals surface area (Å²) in [5, 5.41) is 10.9. The van der Waals surface area contributed by atoms with E-state index in [4.69, 9.17) is 4.74 Å². The topological polar surface area (TPSA) is 86.5 Å². The summed E-state index contributed by atoms with van der Waals surface area (Å²) in [6.45, 7) is 1.33. The average Bonchev–Trinajstić information content (AvgIpc) is 2.45. The molecule has 0 radical (unpaired) electrons. The summed E-state index contributed by atoms with van der Waals surface area (Å²) in [4.78, 5) is 33.7. The first-order valence-corrected chi connectivity index (χ1v) is 7.40. The van der Waals surface area contributed by atoms with Crippen LogP contribution in [-0.4, -0.2) is 22.7 Å². The Morgan fingerprint density at radius 1 is 1.38 bits per heavy atom. The van der Waals surface area contributed by atoms with Crippen LogP contribution in [0.1, 0.15) is 25.0 Å². The quantitative estimate of drug-likeness (QED) is 0.483. The van der Waals surface area contributed by atoms with Gasteiger partial charge in [-0.15, -0.1) is 0 Å². The number of rotatable bonds is 4. The zero-order valence-corrected chi connectivity index (χ0v) is 12.3. The second kappa shape index (κ2) is 6.09. The molecule has 0 spiro atoms. The van der Waals surface area contributed by atoms with E-state index in [1.165, 1.54) is 30.8 Å². The summed E-state index contributed by atoms with van der Waals surface area (Å²) in [5.74, 6) is -0.576. The van der Waals surface area contributed by atoms with E-state index in [2.05, 4.69) is 0 Å². The van der Waals surface area contributed by atoms with Crippen LogP contribution in [0, 0.1) is 10.1 Å². The average molecular weight is 307 g/mol. The number of carbonyl (C=O) groups is 2. The highest BCUT2D eigenvalue weighted by Gasteiger charge is 2.32. The smallest absolute Gasteiger partial charge is 0.269 e. The molecule has 1 aliphatic rings. The Morgan fingerprint density at radius 2 is 2.00 bits per heavy atom. The Labute approximate surface area is 125 Å². The van der Waals surface area contributed by atoms with Crippen molar-refractivity contribution < 1.29 is 19.2 Å². The first-order valence-electron chi connectivity index (χ1n) is 6.17. The summed E-state index contributed by atoms with van der Waals surface area (Å²) < 4.78 is 5.70. The van der Waals surface area contributed by atoms with Gasteiger partial charge in [-0.2, -0.15) is 0 Å². The van der Waals surface area contributed by atoms with E-state index in [0.717, 1.165) is 0 Å². The number of hydrogen-bond acceptors (Lipinski definition) is 6. The van der Waals surface area contributed by atoms with Crippen LogP contribution in [0.4, 0.5) is 5.69 Å². The molecule has 0 aliphatic carbocycles. The third-order valence-corrected chi connectivity index (χ3v) is 3.79. The fourth-order valence-corrected chi connectivity index (χ4v) is 2.77. The van der Waals surface area contributed by atoms with Gasteiger partial charge in [-0.3, -0.25) is 19.7 Å². The van der Waals surface area contributed by atoms with Crippen molar-refractivity contribution in [2.75, 3.05) is 6.26 Å². The summed E-state index contributed by atoms with van der Waals surface area (Å²) in [5.41, 5.74) is 0.745. The van der Waals surface area contributed by atoms with Crippen molar-refractivity contribution in [2.45, 2.75) is 19.4 Å². The molecule has 6 nitrogen and oxygen atoms in total. The largest absolute Gasteiger partial charge is 0.478 e. The van der Waals surface area contributed by atoms with Crippen molar-refractivity contribution in [3.8, 4) is 0 Å². The predicted octanol–water partition coefficient (Wildman–Crippen LogP) is 2.79. The second-order valence-electron chi connectivity index (χ2n) is 4.51. The maximum atomic E-state index is 12.1. The lowest BCUT2D eigenvalue weighted by Gasteiger charge is -2.26. The van der Waals surface area contributed by atoms with Crippen LogP contribution in [0.25, 0.3) is 0 Å². The normalized spacial score (nSPS) is 18.4. The molecule has 1 aliphatic heterocycles. The maximum Gasteiger partial charge on any atom is 0.269 e. The molecule has 0 saturated heterocycles. The maximum absolute atomic E-state index is 12.1. The van der Waals surface area contributed by atoms with Crippen LogP contribution in [-0.2, 0) is 14.3 Å². The van der Waals surface area contributed by atoms with Gasteiger partial charge in [-0.05, 0) is 30.9 Å². The van der Waals surface area contributed by atoms with Crippen molar-refractivity contribution in [1.82, 2.24) is 0 Å². The van der Waals surface area contributed by atoms with Gasteiger partial charge in [0.2, 0.25) is 0 Å². The molecule has 1 atom stereocenters. The Hall–Kier alpha value is -2.15. The molecule has 0 saturated carbocycles. The molecule has 0 amide bonds. The molecular weight excluding hydrogens is 294 g/mol. The Kier molecular flexibility index (Phi) is 4.42. The van der Waals surface area contributed by atoms with E-state index in [9.17, 15) is 19.7 Å². The van der Waals surface area contributed by atoms with Gasteiger partial charge >= 0.3 is 0 Å². The Balaban J connectivity index is 2.30. The van der Waals surface area contributed by atoms with E-state index in [0.29, 0.717) is 10.7 Å². The van der Waals surface area contributed by atoms with Gasteiger partial charge in [-0.25, -0.2) is 0 Å². The number of ketones is 2. The van der Waals surface area contributed by atoms with Crippen LogP contribution in [0.3, 0.4) is 0 Å². The fraction of sp³-hybridized carbons (Fsp3) is 0.286. The number of nitro benzene ring substituents is 1. The van der Waals surface area contributed by atoms with Gasteiger partial charge < -0.3 is 4.74 Å². The number of allylic oxidation sites excluding steroid dienone is 1. The van der Waals surface area contributed by atoms with E-state index in [-0.39, 0.29) is 29.2 Å². The second-order valence-corrected chi connectivity index (χ2v) is 5.28. The van der Waals surface area contributed by atoms with Crippen LogP contribution in [0.15, 0.2) is 34.9 Å². The molecule has 7 heteroatoms. The van der Waals surface area contributed by atoms with Crippen molar-refractivity contribution in [3.63, 3.8) is 0 Å². The van der Waals surface area contributed by atoms with Crippen LogP contribution >= 0.6 is 11.8 Å². The molecule has 0 fully saturated rings. The number of carbonyl (C=O) groups excluding carboxylic acids is 2. The summed E-state index contributed by atoms with van der Waals surface area (Å²) >= 11 is 1.20. The first-order chi connectivity index (χ1) is 9.93. The molecule has 1 aromatic rings. The van der Waals surface area contributed by atoms with Gasteiger partial charge in [0.15, 0.2) is 16.7 Å². The van der Waals surface area contributed by atoms with Gasteiger partial charge in [0.25, 0.3) is 5.69 Å². The van der Waals surface area contributed by atoms with Gasteiger partial charge in [0.1, 0.15) is 11.7 Å². The number of hydrogen-bond donors (Lipinski definition) is 0. The highest BCUT2D eigenvalue weighted by molar-refractivity contribution is 8.02. The third kappa shape index (κ3) is 3.13. The van der Waals surface area contributed by atoms with Gasteiger partial charge in [0, 0.05) is 12.1 Å². The lowest BCUT2D eigenvalue weighted by molar-refractivity contribution is -0.384. The number of Topliss-reactive ketones (excluding diaryl/α,β-unsaturated/α-hetero) is 2. The number of ether oxygens (including phenoxy) is 1. The number of thioether (sulfide) groups is 1. The molecule has 1 aromatic carbocycles. The van der Waals surface area contributed by atoms with Crippen molar-refractivity contribution >= 4 is 29.0 Å². The van der Waals surface area contributed by atoms with Crippen LogP contribution in [0.2, 0.25) is 0 Å². The van der Waals surface area contributed by atoms with Crippen LogP contribution < -0.4 is 0 Å². The molecule has 0 N–H and O–H groups in total. The number of benzene rings is 1. The van der Waals surface area contributed by atoms with Gasteiger partial charge in [0.05, 0.1) is 11.3 Å². The fourth-order valence-electron chi connectivity index (χ4n) is 2.10. The Bertz CT molecular complexity index is 635. The number of nitro groups is 1. The van der Waals surface area contributed by atoms with Crippen molar-refractivity contribution in [2.24, 2.45) is 0 Å². The van der Waals surface area contributed by atoms with E-state index in [1.54, 1.807) is 18.4 Å². The molecule has 0 bridgehead atoms. The summed E-state index contributed by atoms with van der Waals surface area (Å²) in [7, 11) is 0. The zero-order valence-electron chi connectivity index (χ0n) is 11.5. The minimum absolute atomic E-state index is 0.0223. The van der Waals surface area contributed by atoms with Crippen LogP contribution in [0.5, 0.6) is 0 Å². The first kappa shape index (κ1) is 15.2. The van der Waals surface area contributed by atoms with E-state index >= 15 is 0 Å². The molecule has 21 heavy (non-hydrogen) atoms.